The molecule has 0 spiro atoms. The van der Waals surface area contributed by atoms with E-state index < -0.39 is 11.4 Å². The van der Waals surface area contributed by atoms with Crippen LogP contribution in [0, 0.1) is 51.2 Å². The summed E-state index contributed by atoms with van der Waals surface area (Å²) in [7, 11) is 0. The van der Waals surface area contributed by atoms with Crippen molar-refractivity contribution >= 4 is 5.97 Å². The van der Waals surface area contributed by atoms with E-state index in [-0.39, 0.29) is 34.2 Å². The summed E-state index contributed by atoms with van der Waals surface area (Å²) in [5, 5.41) is 21.1. The summed E-state index contributed by atoms with van der Waals surface area (Å²) in [4.78, 5) is 12.7. The van der Waals surface area contributed by atoms with Crippen molar-refractivity contribution in [2.24, 2.45) is 51.2 Å². The van der Waals surface area contributed by atoms with Gasteiger partial charge < -0.3 is 10.2 Å². The Labute approximate surface area is 208 Å². The average Bonchev–Trinajstić information content (AvgIpc) is 2.80. The second kappa shape index (κ2) is 8.49. The van der Waals surface area contributed by atoms with Gasteiger partial charge in [-0.1, -0.05) is 72.3 Å². The Hall–Kier alpha value is -1.09. The highest BCUT2D eigenvalue weighted by Gasteiger charge is 2.68. The lowest BCUT2D eigenvalue weighted by Crippen LogP contribution is -2.64. The van der Waals surface area contributed by atoms with E-state index in [0.29, 0.717) is 17.8 Å². The van der Waals surface area contributed by atoms with Gasteiger partial charge in [-0.2, -0.15) is 0 Å². The third kappa shape index (κ3) is 3.14. The van der Waals surface area contributed by atoms with Crippen LogP contribution < -0.4 is 0 Å². The molecular weight excluding hydrogens is 420 g/mol. The second-order valence-electron chi connectivity index (χ2n) is 13.2. The van der Waals surface area contributed by atoms with Crippen LogP contribution >= 0.6 is 0 Å². The first-order valence-electron chi connectivity index (χ1n) is 14.2. The number of rotatable bonds is 1. The van der Waals surface area contributed by atoms with Crippen LogP contribution in [0.1, 0.15) is 106 Å². The van der Waals surface area contributed by atoms with Crippen molar-refractivity contribution in [3.8, 4) is 0 Å². The number of aliphatic hydroxyl groups is 1. The Morgan fingerprint density at radius 1 is 1.03 bits per heavy atom. The fourth-order valence-electron chi connectivity index (χ4n) is 10.2. The van der Waals surface area contributed by atoms with Crippen LogP contribution in [-0.2, 0) is 4.79 Å². The standard InChI is InChI=1S/C29H44O3.C2H6/c1-17-9-14-29(25(31)32)16-15-27(5)21(24(29)18(17)2)7-8-23-26(4)12-11-22(30)19(3)20(26)10-13-28(23,27)6;1-2/h7,18-20,22-24,30H,1,8-16H2,2-6H3,(H,31,32);1-2H3. The smallest absolute Gasteiger partial charge is 0.310 e. The van der Waals surface area contributed by atoms with Gasteiger partial charge >= 0.3 is 5.97 Å². The van der Waals surface area contributed by atoms with Crippen molar-refractivity contribution < 1.29 is 15.0 Å². The largest absolute Gasteiger partial charge is 0.481 e. The van der Waals surface area contributed by atoms with Crippen LogP contribution in [0.3, 0.4) is 0 Å². The zero-order valence-corrected chi connectivity index (χ0v) is 22.9. The van der Waals surface area contributed by atoms with Gasteiger partial charge in [-0.3, -0.25) is 4.79 Å². The quantitative estimate of drug-likeness (QED) is 0.387. The van der Waals surface area contributed by atoms with E-state index in [2.05, 4.69) is 47.3 Å². The summed E-state index contributed by atoms with van der Waals surface area (Å²) in [6, 6.07) is 0. The number of hydrogen-bond acceptors (Lipinski definition) is 2. The van der Waals surface area contributed by atoms with E-state index in [1.165, 1.54) is 24.0 Å². The van der Waals surface area contributed by atoms with Gasteiger partial charge in [-0.05, 0) is 97.7 Å². The first-order valence-corrected chi connectivity index (χ1v) is 14.2. The molecule has 0 aliphatic heterocycles. The lowest BCUT2D eigenvalue weighted by molar-refractivity contribution is -0.185. The normalized spacial score (nSPS) is 52.0. The van der Waals surface area contributed by atoms with Gasteiger partial charge in [0.05, 0.1) is 11.5 Å². The van der Waals surface area contributed by atoms with Crippen molar-refractivity contribution in [2.45, 2.75) is 112 Å². The van der Waals surface area contributed by atoms with E-state index >= 15 is 0 Å². The molecule has 192 valence electrons. The molecule has 5 rings (SSSR count). The summed E-state index contributed by atoms with van der Waals surface area (Å²) >= 11 is 0. The topological polar surface area (TPSA) is 57.5 Å². The van der Waals surface area contributed by atoms with E-state index in [0.717, 1.165) is 44.9 Å². The summed E-state index contributed by atoms with van der Waals surface area (Å²) in [6.07, 6.45) is 11.3. The van der Waals surface area contributed by atoms with Crippen molar-refractivity contribution in [3.63, 3.8) is 0 Å². The number of aliphatic hydroxyl groups excluding tert-OH is 1. The minimum absolute atomic E-state index is 0.0543. The molecule has 0 bridgehead atoms. The number of aliphatic carboxylic acids is 1. The number of carboxylic acid groups (broad SMARTS) is 1. The van der Waals surface area contributed by atoms with Crippen LogP contribution in [0.4, 0.5) is 0 Å². The zero-order valence-electron chi connectivity index (χ0n) is 22.9. The predicted octanol–water partition coefficient (Wildman–Crippen LogP) is 7.65. The molecule has 3 nitrogen and oxygen atoms in total. The first kappa shape index (κ1) is 26.0. The van der Waals surface area contributed by atoms with E-state index in [1.54, 1.807) is 0 Å². The minimum atomic E-state index is -0.611. The minimum Gasteiger partial charge on any atom is -0.481 e. The molecule has 0 aromatic rings. The maximum absolute atomic E-state index is 12.7. The van der Waals surface area contributed by atoms with Gasteiger partial charge in [-0.15, -0.1) is 0 Å². The van der Waals surface area contributed by atoms with Gasteiger partial charge in [0.15, 0.2) is 0 Å². The van der Waals surface area contributed by atoms with Crippen molar-refractivity contribution in [1.29, 1.82) is 0 Å². The van der Waals surface area contributed by atoms with Crippen molar-refractivity contribution in [2.75, 3.05) is 0 Å². The van der Waals surface area contributed by atoms with Gasteiger partial charge in [0.25, 0.3) is 0 Å². The maximum Gasteiger partial charge on any atom is 0.310 e. The Morgan fingerprint density at radius 2 is 1.71 bits per heavy atom. The van der Waals surface area contributed by atoms with Gasteiger partial charge in [0.2, 0.25) is 0 Å². The number of carboxylic acids is 1. The lowest BCUT2D eigenvalue weighted by atomic mass is 9.34. The molecule has 10 unspecified atom stereocenters. The highest BCUT2D eigenvalue weighted by Crippen LogP contribution is 2.74. The van der Waals surface area contributed by atoms with E-state index in [1.807, 2.05) is 13.8 Å². The molecule has 0 radical (unpaired) electrons. The Bertz CT molecular complexity index is 874. The second-order valence-corrected chi connectivity index (χ2v) is 13.2. The fraction of sp³-hybridized carbons (Fsp3) is 0.839. The highest BCUT2D eigenvalue weighted by atomic mass is 16.4. The first-order chi connectivity index (χ1) is 15.9. The molecule has 34 heavy (non-hydrogen) atoms. The van der Waals surface area contributed by atoms with Crippen LogP contribution in [0.5, 0.6) is 0 Å². The highest BCUT2D eigenvalue weighted by molar-refractivity contribution is 5.77. The van der Waals surface area contributed by atoms with Crippen LogP contribution in [0.15, 0.2) is 23.8 Å². The lowest BCUT2D eigenvalue weighted by Gasteiger charge is -2.70. The molecule has 0 aromatic carbocycles. The SMILES string of the molecule is C=C1CCC2(C(=O)O)CCC3(C)C(=CCC4C5(C)CCC(O)C(C)C5CCC43C)C2C1C.CC. The van der Waals surface area contributed by atoms with Crippen LogP contribution in [0.2, 0.25) is 0 Å². The van der Waals surface area contributed by atoms with Gasteiger partial charge in [0, 0.05) is 5.92 Å². The third-order valence-electron chi connectivity index (χ3n) is 12.5. The maximum atomic E-state index is 12.7. The molecule has 10 atom stereocenters. The summed E-state index contributed by atoms with van der Waals surface area (Å²) < 4.78 is 0. The monoisotopic (exact) mass is 470 g/mol. The molecule has 4 saturated carbocycles. The molecule has 4 fully saturated rings. The molecule has 0 aromatic heterocycles. The van der Waals surface area contributed by atoms with Gasteiger partial charge in [-0.25, -0.2) is 0 Å². The molecule has 2 N–H and O–H groups in total. The predicted molar refractivity (Wildman–Crippen MR) is 139 cm³/mol. The molecule has 5 aliphatic rings. The molecule has 5 aliphatic carbocycles. The zero-order chi connectivity index (χ0) is 25.3. The molecular formula is C31H50O3. The molecule has 0 heterocycles. The van der Waals surface area contributed by atoms with Crippen LogP contribution in [0.25, 0.3) is 0 Å². The molecule has 3 heteroatoms. The van der Waals surface area contributed by atoms with Crippen molar-refractivity contribution in [1.82, 2.24) is 0 Å². The molecule has 0 amide bonds. The fourth-order valence-corrected chi connectivity index (χ4v) is 10.2. The van der Waals surface area contributed by atoms with Crippen LogP contribution in [-0.4, -0.2) is 22.3 Å². The van der Waals surface area contributed by atoms with Gasteiger partial charge in [0.1, 0.15) is 0 Å². The number of allylic oxidation sites excluding steroid dienone is 3. The van der Waals surface area contributed by atoms with Crippen molar-refractivity contribution in [3.05, 3.63) is 23.8 Å². The number of fused-ring (bicyclic) bond motifs is 7. The number of carbonyl (C=O) groups is 1. The Balaban J connectivity index is 0.00000133. The Morgan fingerprint density at radius 3 is 2.35 bits per heavy atom. The third-order valence-corrected chi connectivity index (χ3v) is 12.5. The summed E-state index contributed by atoms with van der Waals surface area (Å²) in [6.45, 7) is 20.5. The van der Waals surface area contributed by atoms with E-state index in [9.17, 15) is 15.0 Å². The number of hydrogen-bond donors (Lipinski definition) is 2. The average molecular weight is 471 g/mol. The van der Waals surface area contributed by atoms with E-state index in [4.69, 9.17) is 0 Å². The Kier molecular flexibility index (Phi) is 6.49. The molecule has 0 saturated heterocycles. The summed E-state index contributed by atoms with van der Waals surface area (Å²) in [5.74, 6) is 1.33. The summed E-state index contributed by atoms with van der Waals surface area (Å²) in [5.41, 5.74) is 2.60.